The average Bonchev–Trinajstić information content (AvgIpc) is 3.51. The van der Waals surface area contributed by atoms with E-state index < -0.39 is 0 Å². The van der Waals surface area contributed by atoms with Gasteiger partial charge in [0.2, 0.25) is 11.8 Å². The van der Waals surface area contributed by atoms with Crippen LogP contribution in [0.2, 0.25) is 0 Å². The van der Waals surface area contributed by atoms with Crippen molar-refractivity contribution >= 4 is 11.8 Å². The summed E-state index contributed by atoms with van der Waals surface area (Å²) in [4.78, 5) is 0. The Morgan fingerprint density at radius 3 is 2.48 bits per heavy atom. The molecule has 1 aliphatic carbocycles. The van der Waals surface area contributed by atoms with E-state index in [1.807, 2.05) is 54.6 Å². The van der Waals surface area contributed by atoms with Gasteiger partial charge in [-0.15, -0.1) is 20.4 Å². The van der Waals surface area contributed by atoms with E-state index >= 15 is 0 Å². The van der Waals surface area contributed by atoms with Crippen molar-refractivity contribution in [3.8, 4) is 28.6 Å². The monoisotopic (exact) mass is 461 g/mol. The van der Waals surface area contributed by atoms with Crippen LogP contribution in [0.25, 0.3) is 22.8 Å². The third-order valence-electron chi connectivity index (χ3n) is 6.22. The molecule has 2 aromatic heterocycles. The summed E-state index contributed by atoms with van der Waals surface area (Å²) in [5, 5.41) is 18.5. The summed E-state index contributed by atoms with van der Waals surface area (Å²) in [6.07, 6.45) is 4.86. The van der Waals surface area contributed by atoms with E-state index in [2.05, 4.69) is 31.9 Å². The Bertz CT molecular complexity index is 1190. The zero-order chi connectivity index (χ0) is 22.6. The molecule has 0 radical (unpaired) electrons. The number of methoxy groups -OCH3 is 1. The maximum atomic E-state index is 5.90. The zero-order valence-corrected chi connectivity index (χ0v) is 19.7. The Morgan fingerprint density at radius 1 is 0.939 bits per heavy atom. The minimum absolute atomic E-state index is 0.371. The lowest BCUT2D eigenvalue weighted by Crippen LogP contribution is -2.22. The lowest BCUT2D eigenvalue weighted by molar-refractivity contribution is 0.247. The molecular weight excluding hydrogens is 434 g/mol. The fourth-order valence-corrected chi connectivity index (χ4v) is 5.26. The van der Waals surface area contributed by atoms with Gasteiger partial charge in [-0.05, 0) is 55.2 Å². The largest absolute Gasteiger partial charge is 0.497 e. The highest BCUT2D eigenvalue weighted by molar-refractivity contribution is 7.98. The standard InChI is InChI=1S/C25H27N5O2S/c1-17-8-6-7-11-21(17)30-23(18-12-14-20(31-2)15-13-18)27-29-25(30)33-16-22-26-28-24(32-22)19-9-4-3-5-10-19/h3-5,9-10,12-15,17,21H,6-8,11,16H2,1-2H3/t17-,21+/m1/s1. The Morgan fingerprint density at radius 2 is 1.73 bits per heavy atom. The molecule has 0 saturated heterocycles. The maximum absolute atomic E-state index is 5.90. The Kier molecular flexibility index (Phi) is 6.44. The van der Waals surface area contributed by atoms with Crippen molar-refractivity contribution in [2.24, 2.45) is 5.92 Å². The molecule has 0 N–H and O–H groups in total. The highest BCUT2D eigenvalue weighted by Crippen LogP contribution is 2.39. The van der Waals surface area contributed by atoms with Gasteiger partial charge in [-0.2, -0.15) is 0 Å². The SMILES string of the molecule is COc1ccc(-c2nnc(SCc3nnc(-c4ccccc4)o3)n2[C@H]2CCCC[C@H]2C)cc1. The van der Waals surface area contributed by atoms with Gasteiger partial charge in [0.15, 0.2) is 11.0 Å². The van der Waals surface area contributed by atoms with Gasteiger partial charge in [0, 0.05) is 17.2 Å². The summed E-state index contributed by atoms with van der Waals surface area (Å²) >= 11 is 1.60. The number of hydrogen-bond acceptors (Lipinski definition) is 7. The number of rotatable bonds is 7. The first-order valence-electron chi connectivity index (χ1n) is 11.3. The van der Waals surface area contributed by atoms with Crippen LogP contribution in [0, 0.1) is 5.92 Å². The molecule has 0 bridgehead atoms. The van der Waals surface area contributed by atoms with E-state index in [-0.39, 0.29) is 0 Å². The first kappa shape index (κ1) is 21.7. The molecule has 0 spiro atoms. The van der Waals surface area contributed by atoms with Gasteiger partial charge in [-0.1, -0.05) is 49.7 Å². The summed E-state index contributed by atoms with van der Waals surface area (Å²) in [5.74, 6) is 3.95. The van der Waals surface area contributed by atoms with Gasteiger partial charge in [0.1, 0.15) is 5.75 Å². The summed E-state index contributed by atoms with van der Waals surface area (Å²) < 4.78 is 13.5. The minimum Gasteiger partial charge on any atom is -0.497 e. The second-order valence-electron chi connectivity index (χ2n) is 8.39. The quantitative estimate of drug-likeness (QED) is 0.310. The maximum Gasteiger partial charge on any atom is 0.247 e. The second-order valence-corrected chi connectivity index (χ2v) is 9.33. The fraction of sp³-hybridized carbons (Fsp3) is 0.360. The fourth-order valence-electron chi connectivity index (χ4n) is 4.43. The van der Waals surface area contributed by atoms with Crippen LogP contribution < -0.4 is 4.74 Å². The van der Waals surface area contributed by atoms with E-state index in [4.69, 9.17) is 9.15 Å². The van der Waals surface area contributed by atoms with Crippen LogP contribution in [0.15, 0.2) is 64.2 Å². The van der Waals surface area contributed by atoms with Gasteiger partial charge < -0.3 is 9.15 Å². The Balaban J connectivity index is 1.42. The topological polar surface area (TPSA) is 78.9 Å². The van der Waals surface area contributed by atoms with Crippen molar-refractivity contribution < 1.29 is 9.15 Å². The van der Waals surface area contributed by atoms with Crippen LogP contribution in [-0.4, -0.2) is 32.1 Å². The third kappa shape index (κ3) is 4.66. The predicted molar refractivity (Wildman–Crippen MR) is 128 cm³/mol. The van der Waals surface area contributed by atoms with E-state index in [1.54, 1.807) is 18.9 Å². The first-order valence-corrected chi connectivity index (χ1v) is 12.3. The van der Waals surface area contributed by atoms with Gasteiger partial charge in [-0.25, -0.2) is 0 Å². The average molecular weight is 462 g/mol. The van der Waals surface area contributed by atoms with Crippen LogP contribution in [0.5, 0.6) is 5.75 Å². The van der Waals surface area contributed by atoms with Gasteiger partial charge in [0.25, 0.3) is 0 Å². The normalized spacial score (nSPS) is 18.4. The van der Waals surface area contributed by atoms with Gasteiger partial charge >= 0.3 is 0 Å². The van der Waals surface area contributed by atoms with Crippen molar-refractivity contribution in [1.82, 2.24) is 25.0 Å². The van der Waals surface area contributed by atoms with Crippen LogP contribution in [0.1, 0.15) is 44.5 Å². The van der Waals surface area contributed by atoms with Crippen molar-refractivity contribution in [1.29, 1.82) is 0 Å². The summed E-state index contributed by atoms with van der Waals surface area (Å²) in [7, 11) is 1.68. The molecule has 1 fully saturated rings. The number of hydrogen-bond donors (Lipinski definition) is 0. The Labute approximate surface area is 197 Å². The molecule has 0 unspecified atom stereocenters. The molecule has 5 rings (SSSR count). The van der Waals surface area contributed by atoms with Crippen molar-refractivity contribution in [3.63, 3.8) is 0 Å². The molecule has 170 valence electrons. The lowest BCUT2D eigenvalue weighted by Gasteiger charge is -2.31. The highest BCUT2D eigenvalue weighted by atomic mass is 32.2. The van der Waals surface area contributed by atoms with Crippen molar-refractivity contribution in [3.05, 3.63) is 60.5 Å². The van der Waals surface area contributed by atoms with Gasteiger partial charge in [-0.3, -0.25) is 4.57 Å². The number of thioether (sulfide) groups is 1. The molecule has 0 aliphatic heterocycles. The molecule has 2 atom stereocenters. The molecule has 8 heteroatoms. The molecule has 1 saturated carbocycles. The lowest BCUT2D eigenvalue weighted by atomic mass is 9.85. The molecule has 0 amide bonds. The molecule has 2 heterocycles. The predicted octanol–water partition coefficient (Wildman–Crippen LogP) is 6.05. The molecular formula is C25H27N5O2S. The first-order chi connectivity index (χ1) is 16.2. The summed E-state index contributed by atoms with van der Waals surface area (Å²) in [6.45, 7) is 2.33. The number of ether oxygens (including phenoxy) is 1. The van der Waals surface area contributed by atoms with Crippen LogP contribution >= 0.6 is 11.8 Å². The van der Waals surface area contributed by atoms with E-state index in [0.29, 0.717) is 29.5 Å². The Hall–Kier alpha value is -3.13. The molecule has 1 aliphatic rings. The number of nitrogens with zero attached hydrogens (tertiary/aromatic N) is 5. The van der Waals surface area contributed by atoms with E-state index in [9.17, 15) is 0 Å². The molecule has 7 nitrogen and oxygen atoms in total. The van der Waals surface area contributed by atoms with Crippen molar-refractivity contribution in [2.45, 2.75) is 49.6 Å². The second kappa shape index (κ2) is 9.79. The molecule has 33 heavy (non-hydrogen) atoms. The van der Waals surface area contributed by atoms with Crippen LogP contribution in [-0.2, 0) is 5.75 Å². The van der Waals surface area contributed by atoms with Crippen LogP contribution in [0.4, 0.5) is 0 Å². The minimum atomic E-state index is 0.371. The summed E-state index contributed by atoms with van der Waals surface area (Å²) in [6, 6.07) is 18.2. The smallest absolute Gasteiger partial charge is 0.247 e. The zero-order valence-electron chi connectivity index (χ0n) is 18.8. The van der Waals surface area contributed by atoms with Crippen LogP contribution in [0.3, 0.4) is 0 Å². The molecule has 2 aromatic carbocycles. The van der Waals surface area contributed by atoms with E-state index in [0.717, 1.165) is 34.3 Å². The number of aromatic nitrogens is 5. The van der Waals surface area contributed by atoms with Crippen molar-refractivity contribution in [2.75, 3.05) is 7.11 Å². The molecule has 4 aromatic rings. The van der Waals surface area contributed by atoms with Gasteiger partial charge in [0.05, 0.1) is 12.9 Å². The summed E-state index contributed by atoms with van der Waals surface area (Å²) in [5.41, 5.74) is 1.96. The third-order valence-corrected chi connectivity index (χ3v) is 7.15. The highest BCUT2D eigenvalue weighted by Gasteiger charge is 2.29. The van der Waals surface area contributed by atoms with E-state index in [1.165, 1.54) is 19.3 Å². The number of benzene rings is 2.